The van der Waals surface area contributed by atoms with E-state index in [-0.39, 0.29) is 18.7 Å². The number of nitrogens with two attached hydrogens (primary N) is 1. The van der Waals surface area contributed by atoms with Crippen LogP contribution in [-0.4, -0.2) is 54.0 Å². The van der Waals surface area contributed by atoms with Gasteiger partial charge in [-0.05, 0) is 68.2 Å². The molecule has 2 fully saturated rings. The number of nitriles is 1. The molecule has 36 heavy (non-hydrogen) atoms. The highest BCUT2D eigenvalue weighted by Crippen LogP contribution is 2.53. The van der Waals surface area contributed by atoms with Gasteiger partial charge in [-0.25, -0.2) is 8.78 Å². The second-order valence-electron chi connectivity index (χ2n) is 9.29. The molecule has 2 aliphatic heterocycles. The van der Waals surface area contributed by atoms with Gasteiger partial charge in [-0.3, -0.25) is 19.7 Å². The first kappa shape index (κ1) is 25.2. The summed E-state index contributed by atoms with van der Waals surface area (Å²) in [5, 5.41) is 8.82. The zero-order valence-electron chi connectivity index (χ0n) is 20.4. The fraction of sp³-hybridized carbons (Fsp3) is 0.423. The summed E-state index contributed by atoms with van der Waals surface area (Å²) in [6.07, 6.45) is 3.44. The van der Waals surface area contributed by atoms with Crippen molar-refractivity contribution >= 4 is 30.6 Å². The van der Waals surface area contributed by atoms with Gasteiger partial charge >= 0.3 is 0 Å². The molecule has 2 N–H and O–H groups in total. The molecule has 0 atom stereocenters. The number of benzene rings is 1. The van der Waals surface area contributed by atoms with Gasteiger partial charge in [0.25, 0.3) is 11.9 Å². The molecule has 1 aromatic rings. The number of carbonyl (C=O) groups excluding carboxylic acids is 1. The fourth-order valence-corrected chi connectivity index (χ4v) is 4.67. The van der Waals surface area contributed by atoms with Crippen molar-refractivity contribution in [2.24, 2.45) is 20.7 Å². The molecule has 8 nitrogen and oxygen atoms in total. The Hall–Kier alpha value is -3.87. The summed E-state index contributed by atoms with van der Waals surface area (Å²) >= 11 is 0. The van der Waals surface area contributed by atoms with Crippen molar-refractivity contribution in [1.82, 2.24) is 4.90 Å². The molecule has 188 valence electrons. The number of hydrogen-bond acceptors (Lipinski definition) is 6. The molecular weight excluding hydrogens is 466 g/mol. The summed E-state index contributed by atoms with van der Waals surface area (Å²) < 4.78 is 35.6. The first-order valence-corrected chi connectivity index (χ1v) is 11.7. The van der Waals surface area contributed by atoms with Crippen LogP contribution in [0.5, 0.6) is 0 Å². The number of hydrogen-bond donors (Lipinski definition) is 1. The van der Waals surface area contributed by atoms with E-state index in [1.807, 2.05) is 36.9 Å². The summed E-state index contributed by atoms with van der Waals surface area (Å²) in [6.45, 7) is 8.73. The van der Waals surface area contributed by atoms with E-state index in [4.69, 9.17) is 15.7 Å². The number of allylic oxidation sites excluding steroid dienone is 2. The monoisotopic (exact) mass is 494 g/mol. The van der Waals surface area contributed by atoms with E-state index >= 15 is 0 Å². The number of fused-ring (bicyclic) bond motifs is 1. The molecule has 1 aliphatic carbocycles. The average Bonchev–Trinajstić information content (AvgIpc) is 3.52. The van der Waals surface area contributed by atoms with E-state index in [1.165, 1.54) is 6.08 Å². The number of ether oxygens (including phenoxy) is 1. The van der Waals surface area contributed by atoms with Crippen LogP contribution < -0.4 is 5.73 Å². The number of primary amides is 1. The molecule has 1 saturated heterocycles. The highest BCUT2D eigenvalue weighted by atomic mass is 19.3. The third kappa shape index (κ3) is 4.78. The van der Waals surface area contributed by atoms with Crippen LogP contribution >= 0.6 is 0 Å². The lowest BCUT2D eigenvalue weighted by Gasteiger charge is -2.27. The number of carbonyl (C=O) groups is 1. The number of aryl methyl sites for hydroxylation is 2. The third-order valence-electron chi connectivity index (χ3n) is 6.67. The molecule has 0 radical (unpaired) electrons. The topological polar surface area (TPSA) is 116 Å². The number of alkyl halides is 2. The van der Waals surface area contributed by atoms with Crippen molar-refractivity contribution < 1.29 is 18.3 Å². The number of rotatable bonds is 8. The van der Waals surface area contributed by atoms with Crippen molar-refractivity contribution in [2.45, 2.75) is 57.4 Å². The molecular formula is C26H28F2N6O2. The number of amides is 1. The molecule has 10 heteroatoms. The van der Waals surface area contributed by atoms with Crippen LogP contribution in [0.2, 0.25) is 0 Å². The lowest BCUT2D eigenvalue weighted by Crippen LogP contribution is -2.39. The van der Waals surface area contributed by atoms with E-state index in [9.17, 15) is 13.6 Å². The van der Waals surface area contributed by atoms with Crippen molar-refractivity contribution in [3.8, 4) is 6.07 Å². The largest absolute Gasteiger partial charge is 0.465 e. The van der Waals surface area contributed by atoms with Gasteiger partial charge in [-0.15, -0.1) is 0 Å². The quantitative estimate of drug-likeness (QED) is 0.437. The highest BCUT2D eigenvalue weighted by molar-refractivity contribution is 6.12. The fourth-order valence-electron chi connectivity index (χ4n) is 4.67. The summed E-state index contributed by atoms with van der Waals surface area (Å²) in [5.41, 5.74) is 8.28. The van der Waals surface area contributed by atoms with Crippen LogP contribution in [0.1, 0.15) is 47.9 Å². The van der Waals surface area contributed by atoms with E-state index in [0.717, 1.165) is 28.7 Å². The van der Waals surface area contributed by atoms with Crippen molar-refractivity contribution in [2.75, 3.05) is 13.2 Å². The molecule has 4 rings (SSSR count). The highest BCUT2D eigenvalue weighted by Gasteiger charge is 2.63. The van der Waals surface area contributed by atoms with E-state index < -0.39 is 23.8 Å². The molecule has 1 saturated carbocycles. The zero-order chi connectivity index (χ0) is 26.1. The Bertz CT molecular complexity index is 1240. The Balaban J connectivity index is 1.78. The number of halogens is 2. The number of aliphatic imine (C=N–C) groups is 3. The summed E-state index contributed by atoms with van der Waals surface area (Å²) in [6, 6.07) is 6.24. The van der Waals surface area contributed by atoms with Gasteiger partial charge in [0.1, 0.15) is 11.2 Å². The minimum absolute atomic E-state index is 0.111. The molecule has 0 aromatic heterocycles. The first-order valence-electron chi connectivity index (χ1n) is 11.7. The lowest BCUT2D eigenvalue weighted by atomic mass is 9.95. The Labute approximate surface area is 208 Å². The van der Waals surface area contributed by atoms with E-state index in [2.05, 4.69) is 21.7 Å². The van der Waals surface area contributed by atoms with Gasteiger partial charge in [-0.2, -0.15) is 10.3 Å². The number of nitrogens with zero attached hydrogens (tertiary/aromatic N) is 5. The summed E-state index contributed by atoms with van der Waals surface area (Å²) in [7, 11) is 0. The third-order valence-corrected chi connectivity index (χ3v) is 6.67. The van der Waals surface area contributed by atoms with E-state index in [0.29, 0.717) is 37.0 Å². The van der Waals surface area contributed by atoms with Crippen LogP contribution in [0.3, 0.4) is 0 Å². The molecule has 0 bridgehead atoms. The molecule has 2 heterocycles. The molecule has 3 aliphatic rings. The van der Waals surface area contributed by atoms with Crippen LogP contribution in [-0.2, 0) is 16.0 Å². The van der Waals surface area contributed by atoms with Crippen molar-refractivity contribution in [1.29, 1.82) is 5.26 Å². The Morgan fingerprint density at radius 2 is 2.08 bits per heavy atom. The van der Waals surface area contributed by atoms with Gasteiger partial charge in [0.15, 0.2) is 5.84 Å². The normalized spacial score (nSPS) is 21.0. The minimum atomic E-state index is -3.39. The predicted molar refractivity (Wildman–Crippen MR) is 134 cm³/mol. The maximum atomic E-state index is 14.9. The maximum Gasteiger partial charge on any atom is 0.298 e. The van der Waals surface area contributed by atoms with Crippen LogP contribution in [0.4, 0.5) is 8.78 Å². The molecule has 1 amide bonds. The van der Waals surface area contributed by atoms with Gasteiger partial charge < -0.3 is 10.5 Å². The molecule has 0 spiro atoms. The summed E-state index contributed by atoms with van der Waals surface area (Å²) in [5.74, 6) is -4.35. The standard InChI is InChI=1S/C26H28F2N6O2/c1-16-12-18(6-4-9-29)13-17(2)19(16)14-20(31-3)22-23(32-24-34(22)10-5-11-36-24)33-25(7-8-25)26(27,28)15-21(30)35/h4,6,12-13H,3,5,7-8,10-11,14-15H2,1-2H3,(H2,30,35)/b6-4+,22-20+,33-23?. The smallest absolute Gasteiger partial charge is 0.298 e. The lowest BCUT2D eigenvalue weighted by molar-refractivity contribution is -0.127. The van der Waals surface area contributed by atoms with Crippen LogP contribution in [0, 0.1) is 25.2 Å². The van der Waals surface area contributed by atoms with Crippen molar-refractivity contribution in [3.05, 3.63) is 51.9 Å². The average molecular weight is 495 g/mol. The van der Waals surface area contributed by atoms with Gasteiger partial charge in [0, 0.05) is 19.0 Å². The van der Waals surface area contributed by atoms with Gasteiger partial charge in [0.2, 0.25) is 5.91 Å². The van der Waals surface area contributed by atoms with Crippen LogP contribution in [0.15, 0.2) is 44.6 Å². The van der Waals surface area contributed by atoms with Crippen LogP contribution in [0.25, 0.3) is 6.08 Å². The Morgan fingerprint density at radius 1 is 1.39 bits per heavy atom. The van der Waals surface area contributed by atoms with Crippen molar-refractivity contribution in [3.63, 3.8) is 0 Å². The molecule has 0 unspecified atom stereocenters. The Kier molecular flexibility index (Phi) is 6.76. The first-order chi connectivity index (χ1) is 17.1. The van der Waals surface area contributed by atoms with E-state index in [1.54, 1.807) is 6.08 Å². The Morgan fingerprint density at radius 3 is 2.67 bits per heavy atom. The molecule has 1 aromatic carbocycles. The summed E-state index contributed by atoms with van der Waals surface area (Å²) in [4.78, 5) is 26.2. The maximum absolute atomic E-state index is 14.9. The SMILES string of the molecule is C=N/C(Cc1c(C)cc(/C=C/C#N)cc1C)=C1\C(=NC2(C(F)(F)CC(N)=O)CC2)N=C2OCCCN21. The zero-order valence-corrected chi connectivity index (χ0v) is 20.4. The van der Waals surface area contributed by atoms with Gasteiger partial charge in [-0.1, -0.05) is 12.1 Å². The minimum Gasteiger partial charge on any atom is -0.465 e. The number of amidine groups is 2. The predicted octanol–water partition coefficient (Wildman–Crippen LogP) is 3.83. The second kappa shape index (κ2) is 9.64. The second-order valence-corrected chi connectivity index (χ2v) is 9.29. The van der Waals surface area contributed by atoms with Gasteiger partial charge in [0.05, 0.1) is 24.8 Å².